The molecule has 9 nitrogen and oxygen atoms in total. The quantitative estimate of drug-likeness (QED) is 0.199. The number of hydrogen-bond acceptors (Lipinski definition) is 7. The predicted octanol–water partition coefficient (Wildman–Crippen LogP) is 1.45. The Labute approximate surface area is 206 Å². The van der Waals surface area contributed by atoms with Gasteiger partial charge in [-0.05, 0) is 48.7 Å². The number of amides is 3. The van der Waals surface area contributed by atoms with Crippen LogP contribution in [-0.2, 0) is 19.2 Å². The van der Waals surface area contributed by atoms with E-state index in [9.17, 15) is 24.3 Å². The first-order valence-corrected chi connectivity index (χ1v) is 14.2. The molecule has 0 spiro atoms. The molecule has 0 saturated carbocycles. The number of rotatable bonds is 17. The zero-order valence-electron chi connectivity index (χ0n) is 20.7. The largest absolute Gasteiger partial charge is 0.480 e. The van der Waals surface area contributed by atoms with Crippen LogP contribution in [-0.4, -0.2) is 77.0 Å². The second kappa shape index (κ2) is 17.0. The summed E-state index contributed by atoms with van der Waals surface area (Å²) in [7, 11) is 0. The molecule has 3 amide bonds. The Kier molecular flexibility index (Phi) is 16.3. The Morgan fingerprint density at radius 3 is 1.76 bits per heavy atom. The molecule has 0 aliphatic rings. The molecule has 0 aliphatic carbocycles. The van der Waals surface area contributed by atoms with E-state index in [-0.39, 0.29) is 11.8 Å². The maximum Gasteiger partial charge on any atom is 0.326 e. The van der Waals surface area contributed by atoms with Crippen LogP contribution < -0.4 is 21.7 Å². The highest BCUT2D eigenvalue weighted by atomic mass is 32.2. The van der Waals surface area contributed by atoms with Gasteiger partial charge in [-0.3, -0.25) is 14.4 Å². The number of hydrogen-bond donors (Lipinski definition) is 5. The normalized spacial score (nSPS) is 16.6. The Hall–Kier alpha value is -1.46. The zero-order valence-corrected chi connectivity index (χ0v) is 22.3. The fraction of sp³-hybridized carbons (Fsp3) is 0.818. The smallest absolute Gasteiger partial charge is 0.326 e. The standard InChI is InChI=1S/C22H42N4O5S2/c1-7-13(3)17(25-19(27)15(23)9-11-32-5)21(29)24-16(10-12-33-6)20(28)26-18(22(30)31)14(4)8-2/h13-18H,7-12,23H2,1-6H3,(H,24,29)(H,25,27)(H,26,28)(H,30,31). The SMILES string of the molecule is CCC(C)C(NC(=O)C(CCSC)NC(=O)C(NC(=O)C(N)CCSC)C(C)CC)C(=O)O. The third-order valence-electron chi connectivity index (χ3n) is 5.78. The van der Waals surface area contributed by atoms with Crippen molar-refractivity contribution < 1.29 is 24.3 Å². The summed E-state index contributed by atoms with van der Waals surface area (Å²) < 4.78 is 0. The van der Waals surface area contributed by atoms with Crippen molar-refractivity contribution in [1.29, 1.82) is 0 Å². The van der Waals surface area contributed by atoms with Gasteiger partial charge in [-0.15, -0.1) is 0 Å². The molecule has 6 N–H and O–H groups in total. The van der Waals surface area contributed by atoms with Crippen LogP contribution in [0.5, 0.6) is 0 Å². The van der Waals surface area contributed by atoms with Crippen LogP contribution >= 0.6 is 23.5 Å². The number of aliphatic carboxylic acids is 1. The monoisotopic (exact) mass is 506 g/mol. The highest BCUT2D eigenvalue weighted by Gasteiger charge is 2.33. The van der Waals surface area contributed by atoms with Crippen molar-refractivity contribution in [3.8, 4) is 0 Å². The molecule has 0 bridgehead atoms. The molecule has 0 aliphatic heterocycles. The van der Waals surface area contributed by atoms with Gasteiger partial charge in [0, 0.05) is 0 Å². The molecule has 0 fully saturated rings. The lowest BCUT2D eigenvalue weighted by atomic mass is 9.96. The Bertz CT molecular complexity index is 638. The first-order valence-electron chi connectivity index (χ1n) is 11.4. The van der Waals surface area contributed by atoms with Crippen molar-refractivity contribution in [2.45, 2.75) is 77.5 Å². The van der Waals surface area contributed by atoms with Gasteiger partial charge in [-0.1, -0.05) is 40.5 Å². The van der Waals surface area contributed by atoms with Gasteiger partial charge >= 0.3 is 5.97 Å². The van der Waals surface area contributed by atoms with Gasteiger partial charge in [0.1, 0.15) is 18.1 Å². The number of carboxylic acids is 1. The van der Waals surface area contributed by atoms with Crippen molar-refractivity contribution in [2.75, 3.05) is 24.0 Å². The maximum absolute atomic E-state index is 13.1. The molecule has 33 heavy (non-hydrogen) atoms. The fourth-order valence-electron chi connectivity index (χ4n) is 3.04. The predicted molar refractivity (Wildman–Crippen MR) is 136 cm³/mol. The number of carbonyl (C=O) groups is 4. The molecular formula is C22H42N4O5S2. The van der Waals surface area contributed by atoms with E-state index in [2.05, 4.69) is 16.0 Å². The van der Waals surface area contributed by atoms with E-state index < -0.39 is 47.9 Å². The lowest BCUT2D eigenvalue weighted by Crippen LogP contribution is -2.59. The number of carboxylic acid groups (broad SMARTS) is 1. The summed E-state index contributed by atoms with van der Waals surface area (Å²) in [5.41, 5.74) is 5.95. The molecule has 0 saturated heterocycles. The fourth-order valence-corrected chi connectivity index (χ4v) is 4.00. The lowest BCUT2D eigenvalue weighted by Gasteiger charge is -2.28. The summed E-state index contributed by atoms with van der Waals surface area (Å²) in [6, 6.07) is -3.53. The van der Waals surface area contributed by atoms with E-state index in [0.29, 0.717) is 31.4 Å². The molecule has 0 aromatic carbocycles. The zero-order chi connectivity index (χ0) is 25.6. The number of nitrogens with two attached hydrogens (primary N) is 1. The van der Waals surface area contributed by atoms with Crippen LogP contribution in [0.2, 0.25) is 0 Å². The highest BCUT2D eigenvalue weighted by Crippen LogP contribution is 2.12. The van der Waals surface area contributed by atoms with Gasteiger partial charge in [-0.25, -0.2) is 4.79 Å². The first-order chi connectivity index (χ1) is 15.5. The van der Waals surface area contributed by atoms with Crippen LogP contribution in [0.1, 0.15) is 53.4 Å². The molecule has 0 aromatic rings. The minimum Gasteiger partial charge on any atom is -0.480 e. The summed E-state index contributed by atoms with van der Waals surface area (Å²) in [5, 5.41) is 17.6. The Balaban J connectivity index is 5.50. The molecular weight excluding hydrogens is 464 g/mol. The Morgan fingerprint density at radius 1 is 0.788 bits per heavy atom. The van der Waals surface area contributed by atoms with Gasteiger partial charge in [0.25, 0.3) is 0 Å². The van der Waals surface area contributed by atoms with Crippen LogP contribution in [0.25, 0.3) is 0 Å². The summed E-state index contributed by atoms with van der Waals surface area (Å²) in [5.74, 6) is -1.67. The molecule has 0 rings (SSSR count). The van der Waals surface area contributed by atoms with Crippen LogP contribution in [0.15, 0.2) is 0 Å². The first kappa shape index (κ1) is 31.5. The lowest BCUT2D eigenvalue weighted by molar-refractivity contribution is -0.144. The van der Waals surface area contributed by atoms with E-state index in [1.807, 2.05) is 33.3 Å². The highest BCUT2D eigenvalue weighted by molar-refractivity contribution is 7.98. The van der Waals surface area contributed by atoms with E-state index in [1.54, 1.807) is 18.7 Å². The summed E-state index contributed by atoms with van der Waals surface area (Å²) in [6.45, 7) is 7.36. The van der Waals surface area contributed by atoms with E-state index in [4.69, 9.17) is 5.73 Å². The van der Waals surface area contributed by atoms with Crippen LogP contribution in [0.4, 0.5) is 0 Å². The van der Waals surface area contributed by atoms with Crippen molar-refractivity contribution in [3.63, 3.8) is 0 Å². The average Bonchev–Trinajstić information content (AvgIpc) is 2.79. The van der Waals surface area contributed by atoms with Crippen molar-refractivity contribution >= 4 is 47.2 Å². The molecule has 0 radical (unpaired) electrons. The van der Waals surface area contributed by atoms with Crippen LogP contribution in [0.3, 0.4) is 0 Å². The molecule has 11 heteroatoms. The third-order valence-corrected chi connectivity index (χ3v) is 7.07. The van der Waals surface area contributed by atoms with Gasteiger partial charge in [0.2, 0.25) is 17.7 Å². The van der Waals surface area contributed by atoms with Gasteiger partial charge < -0.3 is 26.8 Å². The molecule has 6 unspecified atom stereocenters. The van der Waals surface area contributed by atoms with Gasteiger partial charge in [-0.2, -0.15) is 23.5 Å². The number of thioether (sulfide) groups is 2. The summed E-state index contributed by atoms with van der Waals surface area (Å²) >= 11 is 3.10. The summed E-state index contributed by atoms with van der Waals surface area (Å²) in [4.78, 5) is 50.2. The molecule has 192 valence electrons. The average molecular weight is 507 g/mol. The van der Waals surface area contributed by atoms with Crippen molar-refractivity contribution in [3.05, 3.63) is 0 Å². The molecule has 6 atom stereocenters. The number of nitrogens with one attached hydrogen (secondary N) is 3. The van der Waals surface area contributed by atoms with E-state index in [0.717, 1.165) is 5.75 Å². The third kappa shape index (κ3) is 11.5. The van der Waals surface area contributed by atoms with E-state index in [1.165, 1.54) is 11.8 Å². The summed E-state index contributed by atoms with van der Waals surface area (Å²) in [6.07, 6.45) is 5.85. The van der Waals surface area contributed by atoms with Crippen LogP contribution in [0, 0.1) is 11.8 Å². The molecule has 0 aromatic heterocycles. The second-order valence-corrected chi connectivity index (χ2v) is 10.3. The second-order valence-electron chi connectivity index (χ2n) is 8.31. The van der Waals surface area contributed by atoms with Crippen molar-refractivity contribution in [2.24, 2.45) is 17.6 Å². The molecule has 0 heterocycles. The Morgan fingerprint density at radius 2 is 1.27 bits per heavy atom. The van der Waals surface area contributed by atoms with Gasteiger partial charge in [0.15, 0.2) is 0 Å². The topological polar surface area (TPSA) is 151 Å². The minimum absolute atomic E-state index is 0.183. The van der Waals surface area contributed by atoms with Crippen molar-refractivity contribution in [1.82, 2.24) is 16.0 Å². The maximum atomic E-state index is 13.1. The minimum atomic E-state index is -1.11. The van der Waals surface area contributed by atoms with Gasteiger partial charge in [0.05, 0.1) is 6.04 Å². The number of carbonyl (C=O) groups excluding carboxylic acids is 3. The van der Waals surface area contributed by atoms with E-state index >= 15 is 0 Å².